The number of rotatable bonds is 7. The summed E-state index contributed by atoms with van der Waals surface area (Å²) >= 11 is 0. The van der Waals surface area contributed by atoms with Gasteiger partial charge < -0.3 is 9.84 Å². The van der Waals surface area contributed by atoms with Crippen LogP contribution < -0.4 is 4.74 Å². The van der Waals surface area contributed by atoms with E-state index in [1.165, 1.54) is 11.1 Å². The Morgan fingerprint density at radius 1 is 0.521 bits per heavy atom. The van der Waals surface area contributed by atoms with Crippen LogP contribution in [-0.2, 0) is 28.3 Å². The Balaban J connectivity index is 1.27. The van der Waals surface area contributed by atoms with Crippen LogP contribution in [-0.4, -0.2) is 19.6 Å². The van der Waals surface area contributed by atoms with Crippen molar-refractivity contribution in [2.45, 2.75) is 125 Å². The molecule has 370 valence electrons. The number of hydrogen-bond acceptors (Lipinski definition) is 4. The lowest BCUT2D eigenvalue weighted by atomic mass is 9.79. The molecule has 0 saturated heterocycles. The maximum absolute atomic E-state index is 12.7. The van der Waals surface area contributed by atoms with Gasteiger partial charge >= 0.3 is 0 Å². The molecule has 0 bridgehead atoms. The van der Waals surface area contributed by atoms with Gasteiger partial charge in [-0.05, 0) is 135 Å². The summed E-state index contributed by atoms with van der Waals surface area (Å²) in [7, 11) is 0. The fourth-order valence-electron chi connectivity index (χ4n) is 10.6. The summed E-state index contributed by atoms with van der Waals surface area (Å²) in [4.78, 5) is 10.9. The Kier molecular flexibility index (Phi) is 12.0. The van der Waals surface area contributed by atoms with Crippen LogP contribution in [0.1, 0.15) is 125 Å². The van der Waals surface area contributed by atoms with E-state index in [0.29, 0.717) is 11.4 Å². The van der Waals surface area contributed by atoms with Gasteiger partial charge in [0.1, 0.15) is 22.9 Å². The van der Waals surface area contributed by atoms with Crippen LogP contribution in [0.5, 0.6) is 11.5 Å². The predicted octanol–water partition coefficient (Wildman–Crippen LogP) is 18.2. The van der Waals surface area contributed by atoms with E-state index >= 15 is 0 Å². The van der Waals surface area contributed by atoms with E-state index in [0.717, 1.165) is 101 Å². The second-order valence-corrected chi connectivity index (χ2v) is 25.1. The van der Waals surface area contributed by atoms with Gasteiger partial charge in [-0.2, -0.15) is 0 Å². The number of benzene rings is 7. The monoisotopic (exact) mass is 962 g/mol. The Hall–Kier alpha value is -7.24. The molecule has 9 aromatic rings. The van der Waals surface area contributed by atoms with Crippen molar-refractivity contribution < 1.29 is 9.84 Å². The van der Waals surface area contributed by atoms with Crippen LogP contribution in [0.3, 0.4) is 0 Å². The predicted molar refractivity (Wildman–Crippen MR) is 306 cm³/mol. The molecule has 0 aliphatic carbocycles. The molecule has 0 spiro atoms. The third-order valence-electron chi connectivity index (χ3n) is 14.6. The largest absolute Gasteiger partial charge is 0.507 e. The lowest BCUT2D eigenvalue weighted by molar-refractivity contribution is 0.106. The molecule has 1 N–H and O–H groups in total. The van der Waals surface area contributed by atoms with Gasteiger partial charge in [-0.15, -0.1) is 0 Å². The third kappa shape index (κ3) is 9.40. The molecule has 10 rings (SSSR count). The number of pyridine rings is 1. The first-order valence-corrected chi connectivity index (χ1v) is 26.0. The summed E-state index contributed by atoms with van der Waals surface area (Å²) < 4.78 is 9.44. The van der Waals surface area contributed by atoms with Gasteiger partial charge in [-0.3, -0.25) is 9.55 Å². The highest BCUT2D eigenvalue weighted by Crippen LogP contribution is 2.52. The van der Waals surface area contributed by atoms with Crippen molar-refractivity contribution in [3.8, 4) is 84.3 Å². The lowest BCUT2D eigenvalue weighted by Gasteiger charge is -2.36. The van der Waals surface area contributed by atoms with Crippen molar-refractivity contribution in [1.29, 1.82) is 0 Å². The van der Waals surface area contributed by atoms with E-state index in [2.05, 4.69) is 253 Å². The van der Waals surface area contributed by atoms with E-state index < -0.39 is 5.60 Å². The van der Waals surface area contributed by atoms with Crippen molar-refractivity contribution in [3.63, 3.8) is 0 Å². The maximum Gasteiger partial charge on any atom is 0.149 e. The zero-order valence-corrected chi connectivity index (χ0v) is 45.4. The molecule has 3 heterocycles. The Labute approximate surface area is 434 Å². The summed E-state index contributed by atoms with van der Waals surface area (Å²) in [6, 6.07) is 54.8. The van der Waals surface area contributed by atoms with Crippen LogP contribution in [0.25, 0.3) is 83.9 Å². The Morgan fingerprint density at radius 3 is 1.86 bits per heavy atom. The molecule has 0 amide bonds. The van der Waals surface area contributed by atoms with Crippen LogP contribution in [0.2, 0.25) is 0 Å². The molecule has 5 nitrogen and oxygen atoms in total. The van der Waals surface area contributed by atoms with Gasteiger partial charge in [0.05, 0.1) is 28.0 Å². The highest BCUT2D eigenvalue weighted by Gasteiger charge is 2.36. The molecule has 73 heavy (non-hydrogen) atoms. The number of para-hydroxylation sites is 1. The van der Waals surface area contributed by atoms with Gasteiger partial charge in [0.2, 0.25) is 0 Å². The van der Waals surface area contributed by atoms with Crippen LogP contribution >= 0.6 is 0 Å². The lowest BCUT2D eigenvalue weighted by Crippen LogP contribution is -2.29. The second-order valence-electron chi connectivity index (χ2n) is 25.1. The van der Waals surface area contributed by atoms with E-state index in [1.807, 2.05) is 6.20 Å². The van der Waals surface area contributed by atoms with Gasteiger partial charge in [0.15, 0.2) is 0 Å². The highest BCUT2D eigenvalue weighted by atomic mass is 16.5. The van der Waals surface area contributed by atoms with Gasteiger partial charge in [0, 0.05) is 39.6 Å². The van der Waals surface area contributed by atoms with Gasteiger partial charge in [-0.1, -0.05) is 186 Å². The van der Waals surface area contributed by atoms with E-state index in [9.17, 15) is 5.11 Å². The molecule has 1 aliphatic heterocycles. The van der Waals surface area contributed by atoms with Crippen molar-refractivity contribution in [2.75, 3.05) is 0 Å². The normalized spacial score (nSPS) is 13.7. The SMILES string of the molecule is CC(C)(C)Cc1ccc(-c2ccnc(-c3cc(-c4cccc5c4nc(-c4cc(C(C)(C)C)cc(C(C)(C)C)c4O)n5-c4ccc(C(C)(C)C)cc4-c4ccccc4)cc4c3OC(C)(C)c3ccccc3-4)c2)cc1. The first kappa shape index (κ1) is 49.3. The van der Waals surface area contributed by atoms with Crippen molar-refractivity contribution >= 4 is 11.0 Å². The zero-order valence-electron chi connectivity index (χ0n) is 45.4. The minimum Gasteiger partial charge on any atom is -0.507 e. The molecule has 0 saturated carbocycles. The number of nitrogens with zero attached hydrogens (tertiary/aromatic N) is 3. The highest BCUT2D eigenvalue weighted by molar-refractivity contribution is 6.00. The van der Waals surface area contributed by atoms with Crippen LogP contribution in [0.15, 0.2) is 158 Å². The number of aromatic hydroxyl groups is 1. The average molecular weight is 962 g/mol. The number of fused-ring (bicyclic) bond motifs is 4. The van der Waals surface area contributed by atoms with Crippen molar-refractivity contribution in [2.24, 2.45) is 5.41 Å². The first-order valence-electron chi connectivity index (χ1n) is 26.0. The van der Waals surface area contributed by atoms with Crippen molar-refractivity contribution in [3.05, 3.63) is 186 Å². The molecule has 2 aromatic heterocycles. The molecule has 0 fully saturated rings. The molecule has 7 aromatic carbocycles. The number of aromatic nitrogens is 3. The van der Waals surface area contributed by atoms with E-state index in [-0.39, 0.29) is 27.4 Å². The molecular weight excluding hydrogens is 891 g/mol. The van der Waals surface area contributed by atoms with Crippen LogP contribution in [0, 0.1) is 5.41 Å². The zero-order chi connectivity index (χ0) is 52.0. The molecule has 0 atom stereocenters. The number of hydrogen-bond donors (Lipinski definition) is 1. The van der Waals surface area contributed by atoms with Gasteiger partial charge in [0.25, 0.3) is 0 Å². The minimum atomic E-state index is -0.595. The Bertz CT molecular complexity index is 3570. The van der Waals surface area contributed by atoms with Gasteiger partial charge in [-0.25, -0.2) is 4.98 Å². The van der Waals surface area contributed by atoms with Crippen molar-refractivity contribution in [1.82, 2.24) is 14.5 Å². The molecule has 5 heteroatoms. The number of phenolic OH excluding ortho intramolecular Hbond substituents is 1. The quantitative estimate of drug-likeness (QED) is 0.173. The topological polar surface area (TPSA) is 60.2 Å². The fraction of sp³-hybridized carbons (Fsp3) is 0.294. The van der Waals surface area contributed by atoms with E-state index in [1.54, 1.807) is 0 Å². The number of imidazole rings is 1. The molecule has 0 unspecified atom stereocenters. The summed E-state index contributed by atoms with van der Waals surface area (Å²) in [5.74, 6) is 1.73. The smallest absolute Gasteiger partial charge is 0.149 e. The number of ether oxygens (including phenoxy) is 1. The fourth-order valence-corrected chi connectivity index (χ4v) is 10.6. The second kappa shape index (κ2) is 17.8. The Morgan fingerprint density at radius 2 is 1.18 bits per heavy atom. The minimum absolute atomic E-state index is 0.0945. The van der Waals surface area contributed by atoms with E-state index in [4.69, 9.17) is 14.7 Å². The summed E-state index contributed by atoms with van der Waals surface area (Å²) in [6.07, 6.45) is 2.93. The first-order chi connectivity index (χ1) is 34.4. The maximum atomic E-state index is 12.7. The number of phenols is 1. The summed E-state index contributed by atoms with van der Waals surface area (Å²) in [5, 5.41) is 12.7. The molecule has 0 radical (unpaired) electrons. The summed E-state index contributed by atoms with van der Waals surface area (Å²) in [5.41, 5.74) is 18.3. The summed E-state index contributed by atoms with van der Waals surface area (Å²) in [6.45, 7) is 31.2. The molecular formula is C68H71N3O2. The molecule has 1 aliphatic rings. The standard InChI is InChI=1S/C68H71N3O2/c1-64(2,3)41-42-27-29-43(30-28-42)45-33-34-69-57(37-45)53-36-46(35-52-50-23-18-19-25-55(50)68(13,14)73-62(52)53)49-24-20-26-59-60(49)70-63(54-39-48(66(7,8)9)40-56(61(54)72)67(10,11)12)71(59)58-32-31-47(65(4,5)6)38-51(58)44-21-16-15-17-22-44/h15-40,72H,41H2,1-14H3. The third-order valence-corrected chi connectivity index (χ3v) is 14.6. The average Bonchev–Trinajstić information content (AvgIpc) is 3.72. The van der Waals surface area contributed by atoms with Crippen LogP contribution in [0.4, 0.5) is 0 Å².